The van der Waals surface area contributed by atoms with E-state index in [0.717, 1.165) is 43.0 Å². The van der Waals surface area contributed by atoms with Gasteiger partial charge in [0.15, 0.2) is 0 Å². The summed E-state index contributed by atoms with van der Waals surface area (Å²) in [5, 5.41) is 11.1. The van der Waals surface area contributed by atoms with Crippen LogP contribution in [0.5, 0.6) is 11.5 Å². The molecule has 3 aliphatic rings. The van der Waals surface area contributed by atoms with Crippen molar-refractivity contribution >= 4 is 0 Å². The number of benzene rings is 1. The maximum absolute atomic E-state index is 11.1. The van der Waals surface area contributed by atoms with Crippen LogP contribution in [0, 0.1) is 5.92 Å². The van der Waals surface area contributed by atoms with E-state index in [1.54, 1.807) is 14.2 Å². The third kappa shape index (κ3) is 2.09. The van der Waals surface area contributed by atoms with Crippen LogP contribution in [0.3, 0.4) is 0 Å². The summed E-state index contributed by atoms with van der Waals surface area (Å²) in [5.41, 5.74) is 0.149. The molecule has 4 heteroatoms. The molecule has 0 aromatic heterocycles. The van der Waals surface area contributed by atoms with Crippen molar-refractivity contribution in [3.63, 3.8) is 0 Å². The Bertz CT molecular complexity index is 446. The molecular formula is C15H21NO3. The molecule has 19 heavy (non-hydrogen) atoms. The van der Waals surface area contributed by atoms with Crippen LogP contribution < -0.4 is 9.47 Å². The SMILES string of the molecule is COc1cc(OC)cc(C2(O)CN3CCC2CC3)c1. The van der Waals surface area contributed by atoms with Gasteiger partial charge in [0.2, 0.25) is 0 Å². The molecular weight excluding hydrogens is 242 g/mol. The zero-order valence-electron chi connectivity index (χ0n) is 11.6. The Morgan fingerprint density at radius 2 is 1.68 bits per heavy atom. The first-order valence-electron chi connectivity index (χ1n) is 6.84. The summed E-state index contributed by atoms with van der Waals surface area (Å²) in [6.07, 6.45) is 2.13. The molecule has 1 N–H and O–H groups in total. The number of hydrogen-bond acceptors (Lipinski definition) is 4. The van der Waals surface area contributed by atoms with Crippen molar-refractivity contribution in [1.82, 2.24) is 4.90 Å². The standard InChI is InChI=1S/C15H21NO3/c1-18-13-7-12(8-14(9-13)19-2)15(17)10-16-5-3-11(15)4-6-16/h7-9,11,17H,3-6,10H2,1-2H3. The van der Waals surface area contributed by atoms with Crippen molar-refractivity contribution < 1.29 is 14.6 Å². The number of rotatable bonds is 3. The van der Waals surface area contributed by atoms with Gasteiger partial charge in [0.05, 0.1) is 14.2 Å². The number of methoxy groups -OCH3 is 2. The Hall–Kier alpha value is -1.26. The lowest BCUT2D eigenvalue weighted by molar-refractivity contribution is -0.117. The lowest BCUT2D eigenvalue weighted by atomic mass is 9.71. The molecule has 4 nitrogen and oxygen atoms in total. The maximum atomic E-state index is 11.1. The summed E-state index contributed by atoms with van der Waals surface area (Å²) in [6.45, 7) is 2.93. The Morgan fingerprint density at radius 3 is 2.11 bits per heavy atom. The molecule has 3 aliphatic heterocycles. The van der Waals surface area contributed by atoms with Gasteiger partial charge in [-0.2, -0.15) is 0 Å². The minimum atomic E-state index is -0.766. The van der Waals surface area contributed by atoms with Crippen LogP contribution in [-0.2, 0) is 5.60 Å². The van der Waals surface area contributed by atoms with Crippen molar-refractivity contribution in [2.24, 2.45) is 5.92 Å². The topological polar surface area (TPSA) is 41.9 Å². The molecule has 1 aromatic rings. The third-order valence-corrected chi connectivity index (χ3v) is 4.58. The molecule has 1 atom stereocenters. The van der Waals surface area contributed by atoms with Crippen LogP contribution in [0.4, 0.5) is 0 Å². The fourth-order valence-electron chi connectivity index (χ4n) is 3.42. The zero-order chi connectivity index (χ0) is 13.5. The maximum Gasteiger partial charge on any atom is 0.122 e. The van der Waals surface area contributed by atoms with Gasteiger partial charge in [0.25, 0.3) is 0 Å². The highest BCUT2D eigenvalue weighted by molar-refractivity contribution is 5.42. The highest BCUT2D eigenvalue weighted by Crippen LogP contribution is 2.44. The first kappa shape index (κ1) is 12.8. The number of fused-ring (bicyclic) bond motifs is 3. The van der Waals surface area contributed by atoms with E-state index in [2.05, 4.69) is 4.90 Å². The van der Waals surface area contributed by atoms with Gasteiger partial charge in [-0.05, 0) is 49.5 Å². The van der Waals surface area contributed by atoms with Crippen LogP contribution >= 0.6 is 0 Å². The molecule has 4 rings (SSSR count). The Labute approximate surface area is 113 Å². The Morgan fingerprint density at radius 1 is 1.11 bits per heavy atom. The highest BCUT2D eigenvalue weighted by atomic mass is 16.5. The predicted octanol–water partition coefficient (Wildman–Crippen LogP) is 1.62. The first-order valence-corrected chi connectivity index (χ1v) is 6.84. The number of hydrogen-bond donors (Lipinski definition) is 1. The van der Waals surface area contributed by atoms with Gasteiger partial charge in [-0.1, -0.05) is 0 Å². The minimum absolute atomic E-state index is 0.342. The van der Waals surface area contributed by atoms with Crippen molar-refractivity contribution in [3.8, 4) is 11.5 Å². The van der Waals surface area contributed by atoms with Gasteiger partial charge < -0.3 is 19.5 Å². The van der Waals surface area contributed by atoms with Gasteiger partial charge in [0.1, 0.15) is 17.1 Å². The highest BCUT2D eigenvalue weighted by Gasteiger charge is 2.46. The summed E-state index contributed by atoms with van der Waals surface area (Å²) in [4.78, 5) is 2.34. The lowest BCUT2D eigenvalue weighted by Crippen LogP contribution is -2.57. The molecule has 3 heterocycles. The summed E-state index contributed by atoms with van der Waals surface area (Å²) >= 11 is 0. The number of ether oxygens (including phenoxy) is 2. The summed E-state index contributed by atoms with van der Waals surface area (Å²) in [7, 11) is 3.28. The van der Waals surface area contributed by atoms with Gasteiger partial charge in [-0.3, -0.25) is 0 Å². The Kier molecular flexibility index (Phi) is 3.15. The van der Waals surface area contributed by atoms with Crippen molar-refractivity contribution in [2.75, 3.05) is 33.9 Å². The van der Waals surface area contributed by atoms with E-state index >= 15 is 0 Å². The number of piperidine rings is 3. The van der Waals surface area contributed by atoms with Gasteiger partial charge in [-0.25, -0.2) is 0 Å². The van der Waals surface area contributed by atoms with Gasteiger partial charge >= 0.3 is 0 Å². The molecule has 3 fully saturated rings. The normalized spacial score (nSPS) is 33.2. The average Bonchev–Trinajstić information content (AvgIpc) is 2.47. The summed E-state index contributed by atoms with van der Waals surface area (Å²) < 4.78 is 10.6. The van der Waals surface area contributed by atoms with Crippen LogP contribution in [0.1, 0.15) is 18.4 Å². The molecule has 3 saturated heterocycles. The minimum Gasteiger partial charge on any atom is -0.497 e. The lowest BCUT2D eigenvalue weighted by Gasteiger charge is -2.50. The second-order valence-electron chi connectivity index (χ2n) is 5.58. The largest absolute Gasteiger partial charge is 0.497 e. The number of aliphatic hydroxyl groups is 1. The third-order valence-electron chi connectivity index (χ3n) is 4.58. The number of nitrogens with zero attached hydrogens (tertiary/aromatic N) is 1. The van der Waals surface area contributed by atoms with Crippen molar-refractivity contribution in [3.05, 3.63) is 23.8 Å². The summed E-state index contributed by atoms with van der Waals surface area (Å²) in [6, 6.07) is 5.71. The smallest absolute Gasteiger partial charge is 0.122 e. The van der Waals surface area contributed by atoms with E-state index in [4.69, 9.17) is 9.47 Å². The van der Waals surface area contributed by atoms with Crippen LogP contribution in [0.2, 0.25) is 0 Å². The van der Waals surface area contributed by atoms with E-state index in [9.17, 15) is 5.11 Å². The molecule has 0 spiro atoms. The van der Waals surface area contributed by atoms with E-state index in [0.29, 0.717) is 12.5 Å². The fraction of sp³-hybridized carbons (Fsp3) is 0.600. The molecule has 2 bridgehead atoms. The van der Waals surface area contributed by atoms with Crippen LogP contribution in [0.25, 0.3) is 0 Å². The Balaban J connectivity index is 2.00. The van der Waals surface area contributed by atoms with Crippen molar-refractivity contribution in [2.45, 2.75) is 18.4 Å². The molecule has 0 amide bonds. The fourth-order valence-corrected chi connectivity index (χ4v) is 3.42. The molecule has 0 radical (unpaired) electrons. The average molecular weight is 263 g/mol. The summed E-state index contributed by atoms with van der Waals surface area (Å²) in [5.74, 6) is 1.81. The second-order valence-corrected chi connectivity index (χ2v) is 5.58. The molecule has 104 valence electrons. The zero-order valence-corrected chi connectivity index (χ0v) is 11.6. The van der Waals surface area contributed by atoms with Crippen molar-refractivity contribution in [1.29, 1.82) is 0 Å². The molecule has 0 aliphatic carbocycles. The van der Waals surface area contributed by atoms with Gasteiger partial charge in [0, 0.05) is 12.6 Å². The van der Waals surface area contributed by atoms with E-state index < -0.39 is 5.60 Å². The quantitative estimate of drug-likeness (QED) is 0.900. The molecule has 1 aromatic carbocycles. The van der Waals surface area contributed by atoms with E-state index in [1.165, 1.54) is 0 Å². The van der Waals surface area contributed by atoms with E-state index in [1.807, 2.05) is 18.2 Å². The molecule has 0 saturated carbocycles. The molecule has 1 unspecified atom stereocenters. The van der Waals surface area contributed by atoms with Crippen LogP contribution in [0.15, 0.2) is 18.2 Å². The monoisotopic (exact) mass is 263 g/mol. The second kappa shape index (κ2) is 4.69. The van der Waals surface area contributed by atoms with Gasteiger partial charge in [-0.15, -0.1) is 0 Å². The van der Waals surface area contributed by atoms with E-state index in [-0.39, 0.29) is 0 Å². The van der Waals surface area contributed by atoms with Crippen LogP contribution in [-0.4, -0.2) is 43.9 Å². The first-order chi connectivity index (χ1) is 9.15. The predicted molar refractivity (Wildman–Crippen MR) is 72.6 cm³/mol.